The summed E-state index contributed by atoms with van der Waals surface area (Å²) in [6.45, 7) is 4.54. The molecule has 5 nitrogen and oxygen atoms in total. The van der Waals surface area contributed by atoms with Crippen LogP contribution in [0.25, 0.3) is 22.0 Å². The second-order valence-electron chi connectivity index (χ2n) is 8.34. The highest BCUT2D eigenvalue weighted by molar-refractivity contribution is 5.96. The van der Waals surface area contributed by atoms with Crippen molar-refractivity contribution in [2.75, 3.05) is 0 Å². The fourth-order valence-electron chi connectivity index (χ4n) is 4.14. The van der Waals surface area contributed by atoms with Crippen LogP contribution in [-0.4, -0.2) is 15.6 Å². The van der Waals surface area contributed by atoms with Crippen molar-refractivity contribution < 1.29 is 19.0 Å². The molecule has 0 saturated heterocycles. The highest BCUT2D eigenvalue weighted by Gasteiger charge is 2.17. The molecule has 33 heavy (non-hydrogen) atoms. The number of hydrogen-bond acceptors (Lipinski definition) is 3. The Balaban J connectivity index is 1.79. The van der Waals surface area contributed by atoms with E-state index >= 15 is 4.39 Å². The summed E-state index contributed by atoms with van der Waals surface area (Å²) in [6, 6.07) is 18.6. The van der Waals surface area contributed by atoms with Crippen LogP contribution in [-0.2, 0) is 24.4 Å². The number of ether oxygens (including phenoxy) is 1. The average molecular weight is 447 g/mol. The van der Waals surface area contributed by atoms with E-state index in [1.54, 1.807) is 30.3 Å². The van der Waals surface area contributed by atoms with Crippen molar-refractivity contribution in [3.05, 3.63) is 89.4 Å². The maximum Gasteiger partial charge on any atom is 0.307 e. The second-order valence-corrected chi connectivity index (χ2v) is 8.34. The maximum atomic E-state index is 15.2. The van der Waals surface area contributed by atoms with E-state index in [4.69, 9.17) is 10.5 Å². The summed E-state index contributed by atoms with van der Waals surface area (Å²) < 4.78 is 23.4. The maximum absolute atomic E-state index is 15.2. The lowest BCUT2D eigenvalue weighted by Gasteiger charge is -2.15. The largest absolute Gasteiger partial charge is 0.489 e. The Morgan fingerprint density at radius 3 is 2.55 bits per heavy atom. The van der Waals surface area contributed by atoms with Crippen molar-refractivity contribution in [2.45, 2.75) is 39.5 Å². The lowest BCUT2D eigenvalue weighted by atomic mass is 9.96. The number of halogens is 1. The first kappa shape index (κ1) is 22.6. The van der Waals surface area contributed by atoms with Crippen molar-refractivity contribution in [1.82, 2.24) is 4.57 Å². The smallest absolute Gasteiger partial charge is 0.307 e. The first-order chi connectivity index (χ1) is 15.9. The van der Waals surface area contributed by atoms with Crippen molar-refractivity contribution in [3.8, 4) is 16.9 Å². The van der Waals surface area contributed by atoms with Gasteiger partial charge in [0, 0.05) is 46.4 Å². The molecule has 0 aliphatic rings. The van der Waals surface area contributed by atoms with Gasteiger partial charge >= 0.3 is 5.97 Å². The number of nitrogens with two attached hydrogens (primary N) is 1. The van der Waals surface area contributed by atoms with Crippen molar-refractivity contribution in [1.29, 1.82) is 0 Å². The van der Waals surface area contributed by atoms with Gasteiger partial charge in [0.2, 0.25) is 0 Å². The number of rotatable bonds is 8. The second kappa shape index (κ2) is 9.46. The van der Waals surface area contributed by atoms with E-state index in [1.807, 2.05) is 36.5 Å². The molecule has 0 saturated carbocycles. The fourth-order valence-corrected chi connectivity index (χ4v) is 4.14. The Labute approximate surface area is 192 Å². The molecule has 3 N–H and O–H groups in total. The Morgan fingerprint density at radius 1 is 1.06 bits per heavy atom. The van der Waals surface area contributed by atoms with Gasteiger partial charge in [-0.05, 0) is 49.2 Å². The van der Waals surface area contributed by atoms with E-state index < -0.39 is 5.97 Å². The van der Waals surface area contributed by atoms with Gasteiger partial charge in [-0.15, -0.1) is 0 Å². The minimum atomic E-state index is -0.917. The number of hydrogen-bond donors (Lipinski definition) is 2. The van der Waals surface area contributed by atoms with Gasteiger partial charge in [0.15, 0.2) is 0 Å². The first-order valence-corrected chi connectivity index (χ1v) is 10.9. The van der Waals surface area contributed by atoms with Gasteiger partial charge in [0.25, 0.3) is 0 Å². The normalized spacial score (nSPS) is 11.3. The Morgan fingerprint density at radius 2 is 1.82 bits per heavy atom. The molecule has 4 rings (SSSR count). The molecule has 0 radical (unpaired) electrons. The third kappa shape index (κ3) is 4.61. The summed E-state index contributed by atoms with van der Waals surface area (Å²) >= 11 is 0. The summed E-state index contributed by atoms with van der Waals surface area (Å²) in [6.07, 6.45) is 1.89. The third-order valence-corrected chi connectivity index (χ3v) is 5.75. The number of aliphatic carboxylic acids is 1. The molecule has 3 aromatic carbocycles. The van der Waals surface area contributed by atoms with Gasteiger partial charge in [0.1, 0.15) is 18.2 Å². The molecule has 0 spiro atoms. The van der Waals surface area contributed by atoms with Crippen LogP contribution in [0.4, 0.5) is 4.39 Å². The molecular weight excluding hydrogens is 419 g/mol. The first-order valence-electron chi connectivity index (χ1n) is 10.9. The van der Waals surface area contributed by atoms with E-state index in [-0.39, 0.29) is 31.4 Å². The molecule has 4 aromatic rings. The lowest BCUT2D eigenvalue weighted by Crippen LogP contribution is -2.05. The molecule has 0 aliphatic heterocycles. The van der Waals surface area contributed by atoms with Crippen LogP contribution in [0.15, 0.2) is 66.9 Å². The Hall–Kier alpha value is -3.64. The highest BCUT2D eigenvalue weighted by atomic mass is 19.1. The minimum Gasteiger partial charge on any atom is -0.489 e. The van der Waals surface area contributed by atoms with Crippen molar-refractivity contribution in [2.24, 2.45) is 5.73 Å². The topological polar surface area (TPSA) is 77.5 Å². The van der Waals surface area contributed by atoms with Crippen LogP contribution in [0.2, 0.25) is 0 Å². The molecule has 1 heterocycles. The van der Waals surface area contributed by atoms with Crippen molar-refractivity contribution in [3.63, 3.8) is 0 Å². The molecule has 0 aliphatic carbocycles. The number of para-hydroxylation sites is 1. The van der Waals surface area contributed by atoms with Gasteiger partial charge in [-0.1, -0.05) is 36.4 Å². The van der Waals surface area contributed by atoms with E-state index in [1.165, 1.54) is 0 Å². The number of carboxylic acids is 1. The molecule has 0 bridgehead atoms. The summed E-state index contributed by atoms with van der Waals surface area (Å²) in [4.78, 5) is 11.2. The quantitative estimate of drug-likeness (QED) is 0.364. The number of benzene rings is 3. The molecule has 170 valence electrons. The van der Waals surface area contributed by atoms with Crippen LogP contribution in [0.5, 0.6) is 5.75 Å². The fraction of sp³-hybridized carbons (Fsp3) is 0.222. The number of fused-ring (bicyclic) bond motifs is 1. The number of carbonyl (C=O) groups is 1. The van der Waals surface area contributed by atoms with E-state index in [0.29, 0.717) is 22.4 Å². The summed E-state index contributed by atoms with van der Waals surface area (Å²) in [7, 11) is 0. The molecule has 6 heteroatoms. The monoisotopic (exact) mass is 446 g/mol. The van der Waals surface area contributed by atoms with Crippen LogP contribution in [0, 0.1) is 5.82 Å². The zero-order valence-corrected chi connectivity index (χ0v) is 18.7. The molecular formula is C27H27FN2O3. The molecule has 0 atom stereocenters. The van der Waals surface area contributed by atoms with E-state index in [9.17, 15) is 9.90 Å². The molecule has 0 amide bonds. The van der Waals surface area contributed by atoms with Crippen LogP contribution >= 0.6 is 0 Å². The van der Waals surface area contributed by atoms with Gasteiger partial charge < -0.3 is 20.1 Å². The summed E-state index contributed by atoms with van der Waals surface area (Å²) in [5.41, 5.74) is 9.93. The SMILES string of the molecule is CC(C)n1ccc2c(-c3cccc(CN)c3F)cc(COc3ccccc3CC(=O)O)cc21. The van der Waals surface area contributed by atoms with Gasteiger partial charge in [-0.2, -0.15) is 0 Å². The van der Waals surface area contributed by atoms with Crippen LogP contribution < -0.4 is 10.5 Å². The minimum absolute atomic E-state index is 0.117. The summed E-state index contributed by atoms with van der Waals surface area (Å²) in [5, 5.41) is 10.1. The number of carboxylic acid groups (broad SMARTS) is 1. The van der Waals surface area contributed by atoms with E-state index in [2.05, 4.69) is 18.4 Å². The zero-order valence-electron chi connectivity index (χ0n) is 18.7. The molecule has 0 unspecified atom stereocenters. The van der Waals surface area contributed by atoms with Crippen LogP contribution in [0.3, 0.4) is 0 Å². The molecule has 1 aromatic heterocycles. The lowest BCUT2D eigenvalue weighted by molar-refractivity contribution is -0.136. The van der Waals surface area contributed by atoms with E-state index in [0.717, 1.165) is 22.0 Å². The predicted octanol–water partition coefficient (Wildman–Crippen LogP) is 5.69. The van der Waals surface area contributed by atoms with Gasteiger partial charge in [-0.3, -0.25) is 4.79 Å². The van der Waals surface area contributed by atoms with Crippen molar-refractivity contribution >= 4 is 16.9 Å². The summed E-state index contributed by atoms with van der Waals surface area (Å²) in [5.74, 6) is -0.708. The standard InChI is InChI=1S/C27H27FN2O3/c1-17(2)30-11-10-21-23(22-8-5-7-20(15-29)27(22)28)12-18(13-24(21)30)16-33-25-9-4-3-6-19(25)14-26(31)32/h3-13,17H,14-16,29H2,1-2H3,(H,31,32). The predicted molar refractivity (Wildman–Crippen MR) is 128 cm³/mol. The average Bonchev–Trinajstić information content (AvgIpc) is 3.22. The number of nitrogens with zero attached hydrogens (tertiary/aromatic N) is 1. The van der Waals surface area contributed by atoms with Gasteiger partial charge in [0.05, 0.1) is 6.42 Å². The third-order valence-electron chi connectivity index (χ3n) is 5.75. The molecule has 0 fully saturated rings. The van der Waals surface area contributed by atoms with Crippen LogP contribution in [0.1, 0.15) is 36.6 Å². The van der Waals surface area contributed by atoms with Gasteiger partial charge in [-0.25, -0.2) is 4.39 Å². The number of aromatic nitrogens is 1. The Bertz CT molecular complexity index is 1310. The zero-order chi connectivity index (χ0) is 23.5. The highest BCUT2D eigenvalue weighted by Crippen LogP contribution is 2.35. The Kier molecular flexibility index (Phi) is 6.47.